The van der Waals surface area contributed by atoms with Crippen molar-refractivity contribution in [1.82, 2.24) is 0 Å². The number of anilines is 2. The van der Waals surface area contributed by atoms with E-state index < -0.39 is 11.9 Å². The van der Waals surface area contributed by atoms with E-state index in [0.717, 1.165) is 0 Å². The molecule has 0 unspecified atom stereocenters. The van der Waals surface area contributed by atoms with Crippen molar-refractivity contribution in [2.24, 2.45) is 0 Å². The summed E-state index contributed by atoms with van der Waals surface area (Å²) >= 11 is 0. The molecule has 0 saturated heterocycles. The summed E-state index contributed by atoms with van der Waals surface area (Å²) in [6, 6.07) is 16.1. The molecule has 0 bridgehead atoms. The lowest BCUT2D eigenvalue weighted by atomic mass is 9.87. The Kier molecular flexibility index (Phi) is 4.33. The zero-order valence-electron chi connectivity index (χ0n) is 13.6. The van der Waals surface area contributed by atoms with Crippen LogP contribution in [0.25, 0.3) is 22.3 Å². The quantitative estimate of drug-likeness (QED) is 0.534. The molecule has 0 spiro atoms. The van der Waals surface area contributed by atoms with Gasteiger partial charge in [0.05, 0.1) is 11.1 Å². The SMILES string of the molecule is Nc1ccc(-c2c(C(=O)O)ccc(-c3ccccc3N)c2C(=O)O)cc1. The maximum atomic E-state index is 12.1. The van der Waals surface area contributed by atoms with E-state index in [0.29, 0.717) is 28.1 Å². The number of hydrogen-bond donors (Lipinski definition) is 4. The Morgan fingerprint density at radius 2 is 1.38 bits per heavy atom. The molecule has 0 fully saturated rings. The van der Waals surface area contributed by atoms with Crippen LogP contribution >= 0.6 is 0 Å². The fourth-order valence-corrected chi connectivity index (χ4v) is 2.92. The highest BCUT2D eigenvalue weighted by Crippen LogP contribution is 2.37. The average Bonchev–Trinajstić information content (AvgIpc) is 2.61. The number of para-hydroxylation sites is 1. The van der Waals surface area contributed by atoms with Crippen molar-refractivity contribution in [3.05, 3.63) is 71.8 Å². The summed E-state index contributed by atoms with van der Waals surface area (Å²) in [5.41, 5.74) is 13.8. The van der Waals surface area contributed by atoms with E-state index in [9.17, 15) is 19.8 Å². The van der Waals surface area contributed by atoms with E-state index in [4.69, 9.17) is 11.5 Å². The predicted molar refractivity (Wildman–Crippen MR) is 100 cm³/mol. The average molecular weight is 348 g/mol. The van der Waals surface area contributed by atoms with Crippen LogP contribution in [0.1, 0.15) is 20.7 Å². The van der Waals surface area contributed by atoms with Crippen LogP contribution in [-0.2, 0) is 0 Å². The van der Waals surface area contributed by atoms with Gasteiger partial charge in [-0.25, -0.2) is 9.59 Å². The highest BCUT2D eigenvalue weighted by molar-refractivity contribution is 6.10. The van der Waals surface area contributed by atoms with Gasteiger partial charge in [-0.05, 0) is 35.4 Å². The molecule has 3 rings (SSSR count). The Labute approximate surface area is 149 Å². The molecule has 0 aromatic heterocycles. The lowest BCUT2D eigenvalue weighted by Crippen LogP contribution is -2.09. The first kappa shape index (κ1) is 17.0. The fourth-order valence-electron chi connectivity index (χ4n) is 2.92. The van der Waals surface area contributed by atoms with Crippen molar-refractivity contribution >= 4 is 23.3 Å². The first-order valence-electron chi connectivity index (χ1n) is 7.74. The molecule has 6 N–H and O–H groups in total. The van der Waals surface area contributed by atoms with Gasteiger partial charge in [-0.2, -0.15) is 0 Å². The number of rotatable bonds is 4. The first-order chi connectivity index (χ1) is 12.4. The molecule has 0 saturated carbocycles. The van der Waals surface area contributed by atoms with E-state index in [-0.39, 0.29) is 16.7 Å². The highest BCUT2D eigenvalue weighted by atomic mass is 16.4. The van der Waals surface area contributed by atoms with Crippen LogP contribution < -0.4 is 11.5 Å². The van der Waals surface area contributed by atoms with Gasteiger partial charge in [-0.1, -0.05) is 36.4 Å². The molecule has 130 valence electrons. The van der Waals surface area contributed by atoms with Crippen LogP contribution in [0.3, 0.4) is 0 Å². The summed E-state index contributed by atoms with van der Waals surface area (Å²) in [5, 5.41) is 19.4. The molecule has 3 aromatic rings. The van der Waals surface area contributed by atoms with Gasteiger partial charge in [-0.15, -0.1) is 0 Å². The van der Waals surface area contributed by atoms with E-state index in [1.807, 2.05) is 0 Å². The third-order valence-corrected chi connectivity index (χ3v) is 4.10. The van der Waals surface area contributed by atoms with E-state index in [1.54, 1.807) is 48.5 Å². The molecular weight excluding hydrogens is 332 g/mol. The zero-order valence-corrected chi connectivity index (χ0v) is 13.6. The minimum absolute atomic E-state index is 0.106. The number of carbonyl (C=O) groups is 2. The van der Waals surface area contributed by atoms with Gasteiger partial charge >= 0.3 is 11.9 Å². The first-order valence-corrected chi connectivity index (χ1v) is 7.74. The normalized spacial score (nSPS) is 10.5. The number of carboxylic acids is 2. The molecule has 6 nitrogen and oxygen atoms in total. The predicted octanol–water partition coefficient (Wildman–Crippen LogP) is 3.58. The standard InChI is InChI=1S/C20H16N2O4/c21-12-7-5-11(6-8-12)17-15(19(23)24)10-9-14(18(17)20(25)26)13-3-1-2-4-16(13)22/h1-10H,21-22H2,(H,23,24)(H,25,26). The Bertz CT molecular complexity index is 1010. The van der Waals surface area contributed by atoms with Gasteiger partial charge in [0.25, 0.3) is 0 Å². The van der Waals surface area contributed by atoms with Gasteiger partial charge in [0, 0.05) is 22.5 Å². The molecule has 0 aliphatic rings. The van der Waals surface area contributed by atoms with Crippen molar-refractivity contribution in [2.45, 2.75) is 0 Å². The van der Waals surface area contributed by atoms with Crippen LogP contribution in [0, 0.1) is 0 Å². The van der Waals surface area contributed by atoms with E-state index >= 15 is 0 Å². The van der Waals surface area contributed by atoms with Crippen molar-refractivity contribution in [1.29, 1.82) is 0 Å². The van der Waals surface area contributed by atoms with Gasteiger partial charge < -0.3 is 21.7 Å². The smallest absolute Gasteiger partial charge is 0.336 e. The Morgan fingerprint density at radius 3 is 1.96 bits per heavy atom. The Balaban J connectivity index is 2.41. The van der Waals surface area contributed by atoms with Gasteiger partial charge in [0.2, 0.25) is 0 Å². The monoisotopic (exact) mass is 348 g/mol. The summed E-state index contributed by atoms with van der Waals surface area (Å²) in [4.78, 5) is 23.8. The third kappa shape index (κ3) is 2.95. The molecular formula is C20H16N2O4. The van der Waals surface area contributed by atoms with Crippen LogP contribution in [0.5, 0.6) is 0 Å². The maximum absolute atomic E-state index is 12.1. The molecule has 0 atom stereocenters. The molecule has 0 radical (unpaired) electrons. The van der Waals surface area contributed by atoms with Crippen molar-refractivity contribution in [3.8, 4) is 22.3 Å². The largest absolute Gasteiger partial charge is 0.478 e. The number of nitrogen functional groups attached to an aromatic ring is 2. The van der Waals surface area contributed by atoms with Crippen molar-refractivity contribution in [3.63, 3.8) is 0 Å². The van der Waals surface area contributed by atoms with Crippen molar-refractivity contribution < 1.29 is 19.8 Å². The van der Waals surface area contributed by atoms with Crippen LogP contribution in [0.15, 0.2) is 60.7 Å². The van der Waals surface area contributed by atoms with E-state index in [2.05, 4.69) is 0 Å². The number of aromatic carboxylic acids is 2. The number of benzene rings is 3. The van der Waals surface area contributed by atoms with Crippen LogP contribution in [-0.4, -0.2) is 22.2 Å². The summed E-state index contributed by atoms with van der Waals surface area (Å²) in [7, 11) is 0. The molecule has 0 amide bonds. The summed E-state index contributed by atoms with van der Waals surface area (Å²) in [6.45, 7) is 0. The summed E-state index contributed by atoms with van der Waals surface area (Å²) in [5.74, 6) is -2.45. The van der Waals surface area contributed by atoms with Gasteiger partial charge in [0.1, 0.15) is 0 Å². The molecule has 0 heterocycles. The summed E-state index contributed by atoms with van der Waals surface area (Å²) < 4.78 is 0. The van der Waals surface area contributed by atoms with Crippen LogP contribution in [0.4, 0.5) is 11.4 Å². The zero-order chi connectivity index (χ0) is 18.8. The number of carboxylic acid groups (broad SMARTS) is 2. The molecule has 26 heavy (non-hydrogen) atoms. The minimum atomic E-state index is -1.24. The van der Waals surface area contributed by atoms with Gasteiger partial charge in [0.15, 0.2) is 0 Å². The van der Waals surface area contributed by atoms with Gasteiger partial charge in [-0.3, -0.25) is 0 Å². The molecule has 6 heteroatoms. The second-order valence-corrected chi connectivity index (χ2v) is 5.73. The second-order valence-electron chi connectivity index (χ2n) is 5.73. The van der Waals surface area contributed by atoms with Crippen LogP contribution in [0.2, 0.25) is 0 Å². The summed E-state index contributed by atoms with van der Waals surface area (Å²) in [6.07, 6.45) is 0. The number of nitrogens with two attached hydrogens (primary N) is 2. The topological polar surface area (TPSA) is 127 Å². The fraction of sp³-hybridized carbons (Fsp3) is 0. The molecule has 0 aliphatic carbocycles. The molecule has 3 aromatic carbocycles. The lowest BCUT2D eigenvalue weighted by molar-refractivity contribution is 0.0696. The Morgan fingerprint density at radius 1 is 0.731 bits per heavy atom. The van der Waals surface area contributed by atoms with Crippen molar-refractivity contribution in [2.75, 3.05) is 11.5 Å². The molecule has 0 aliphatic heterocycles. The lowest BCUT2D eigenvalue weighted by Gasteiger charge is -2.16. The number of hydrogen-bond acceptors (Lipinski definition) is 4. The highest BCUT2D eigenvalue weighted by Gasteiger charge is 2.24. The van der Waals surface area contributed by atoms with E-state index in [1.165, 1.54) is 12.1 Å². The third-order valence-electron chi connectivity index (χ3n) is 4.10. The minimum Gasteiger partial charge on any atom is -0.478 e. The Hall–Kier alpha value is -3.80. The second kappa shape index (κ2) is 6.60. The maximum Gasteiger partial charge on any atom is 0.336 e.